The van der Waals surface area contributed by atoms with E-state index in [1.54, 1.807) is 7.05 Å². The van der Waals surface area contributed by atoms with Crippen LogP contribution < -0.4 is 5.32 Å². The molecular formula is C15H16N10O6S3. The third kappa shape index (κ3) is 3.79. The third-order valence-corrected chi connectivity index (χ3v) is 8.01. The number of hydrogen-bond donors (Lipinski definition) is 2. The predicted octanol–water partition coefficient (Wildman–Crippen LogP) is -3.03. The molecule has 1 saturated heterocycles. The SMILES string of the molecule is CO[C@@]1(NC(=O)C(=S=O)c2nnnn2C)C(=O)N2C(C(=O)O)=C(CSc3nnnn3C)CS[C@@H]21. The van der Waals surface area contributed by atoms with Crippen LogP contribution in [0.2, 0.25) is 0 Å². The minimum Gasteiger partial charge on any atom is -0.477 e. The smallest absolute Gasteiger partial charge is 0.352 e. The van der Waals surface area contributed by atoms with Crippen molar-refractivity contribution in [3.63, 3.8) is 0 Å². The van der Waals surface area contributed by atoms with Gasteiger partial charge in [-0.2, -0.15) is 0 Å². The largest absolute Gasteiger partial charge is 0.477 e. The molecule has 0 bridgehead atoms. The van der Waals surface area contributed by atoms with Crippen molar-refractivity contribution in [2.45, 2.75) is 16.3 Å². The van der Waals surface area contributed by atoms with Gasteiger partial charge in [0.2, 0.25) is 11.0 Å². The van der Waals surface area contributed by atoms with E-state index in [0.29, 0.717) is 10.7 Å². The molecule has 0 unspecified atom stereocenters. The van der Waals surface area contributed by atoms with Crippen LogP contribution in [-0.2, 0) is 44.5 Å². The molecular weight excluding hydrogens is 512 g/mol. The van der Waals surface area contributed by atoms with Gasteiger partial charge in [0, 0.05) is 32.7 Å². The number of nitrogens with zero attached hydrogens (tertiary/aromatic N) is 9. The number of aryl methyl sites for hydroxylation is 2. The van der Waals surface area contributed by atoms with Gasteiger partial charge < -0.3 is 15.2 Å². The summed E-state index contributed by atoms with van der Waals surface area (Å²) >= 11 is 2.30. The standard InChI is InChI=1S/C15H16N10O6S3/c1-23-9(17-19-21-23)8(34-30)10(26)16-15(31-3)12(29)25-7(11(27)28)6(4-32-13(15)25)5-33-14-18-20-22-24(14)2/h13H,4-5H2,1-3H3,(H,16,26)(H,27,28)/t13-,15+/m1/s1. The zero-order valence-corrected chi connectivity index (χ0v) is 20.2. The molecule has 4 rings (SSSR count). The summed E-state index contributed by atoms with van der Waals surface area (Å²) in [5.41, 5.74) is -1.58. The molecule has 0 aliphatic carbocycles. The lowest BCUT2D eigenvalue weighted by molar-refractivity contribution is -0.191. The van der Waals surface area contributed by atoms with E-state index < -0.39 is 28.9 Å². The van der Waals surface area contributed by atoms with Crippen molar-refractivity contribution in [1.29, 1.82) is 0 Å². The number of aliphatic carboxylic acids is 1. The van der Waals surface area contributed by atoms with E-state index >= 15 is 0 Å². The van der Waals surface area contributed by atoms with Gasteiger partial charge in [-0.3, -0.25) is 14.5 Å². The number of carboxylic acid groups (broad SMARTS) is 1. The van der Waals surface area contributed by atoms with E-state index in [0.717, 1.165) is 9.58 Å². The quantitative estimate of drug-likeness (QED) is 0.115. The van der Waals surface area contributed by atoms with Crippen molar-refractivity contribution < 1.29 is 28.4 Å². The van der Waals surface area contributed by atoms with Crippen molar-refractivity contribution in [3.8, 4) is 0 Å². The number of carboxylic acids is 1. The number of ether oxygens (including phenoxy) is 1. The molecule has 1 fully saturated rings. The van der Waals surface area contributed by atoms with Gasteiger partial charge in [0.1, 0.15) is 22.3 Å². The lowest BCUT2D eigenvalue weighted by Gasteiger charge is -2.55. The Bertz CT molecular complexity index is 1270. The number of aromatic nitrogens is 8. The highest BCUT2D eigenvalue weighted by Gasteiger charge is 2.66. The van der Waals surface area contributed by atoms with Gasteiger partial charge in [-0.05, 0) is 26.4 Å². The number of carbonyl (C=O) groups excluding carboxylic acids is 2. The van der Waals surface area contributed by atoms with Gasteiger partial charge in [0.25, 0.3) is 17.5 Å². The van der Waals surface area contributed by atoms with Crippen molar-refractivity contribution in [1.82, 2.24) is 50.6 Å². The van der Waals surface area contributed by atoms with Gasteiger partial charge >= 0.3 is 5.97 Å². The summed E-state index contributed by atoms with van der Waals surface area (Å²) in [6.45, 7) is 0. The molecule has 2 N–H and O–H groups in total. The summed E-state index contributed by atoms with van der Waals surface area (Å²) in [4.78, 5) is 38.8. The Morgan fingerprint density at radius 2 is 1.97 bits per heavy atom. The summed E-state index contributed by atoms with van der Waals surface area (Å²) in [5.74, 6) is -2.62. The lowest BCUT2D eigenvalue weighted by Crippen LogP contribution is -2.81. The molecule has 0 radical (unpaired) electrons. The van der Waals surface area contributed by atoms with Crippen molar-refractivity contribution in [2.24, 2.45) is 14.1 Å². The molecule has 0 saturated carbocycles. The summed E-state index contributed by atoms with van der Waals surface area (Å²) in [6, 6.07) is 0. The van der Waals surface area contributed by atoms with E-state index in [9.17, 15) is 23.7 Å². The number of β-lactam (4-membered cyclic amide) rings is 1. The zero-order valence-electron chi connectivity index (χ0n) is 17.7. The summed E-state index contributed by atoms with van der Waals surface area (Å²) in [6.07, 6.45) is 0. The van der Waals surface area contributed by atoms with Crippen LogP contribution in [0.3, 0.4) is 0 Å². The molecule has 2 aliphatic rings. The maximum atomic E-state index is 13.2. The Morgan fingerprint density at radius 3 is 2.53 bits per heavy atom. The number of thioether (sulfide) groups is 2. The first-order valence-electron chi connectivity index (χ1n) is 9.28. The highest BCUT2D eigenvalue weighted by atomic mass is 32.2. The number of nitrogens with one attached hydrogen (secondary N) is 1. The number of fused-ring (bicyclic) bond motifs is 1. The topological polar surface area (TPSA) is 200 Å². The number of carbonyl (C=O) groups is 3. The first-order chi connectivity index (χ1) is 16.2. The molecule has 16 nitrogen and oxygen atoms in total. The van der Waals surface area contributed by atoms with Crippen molar-refractivity contribution in [2.75, 3.05) is 18.6 Å². The van der Waals surface area contributed by atoms with Crippen LogP contribution >= 0.6 is 23.5 Å². The van der Waals surface area contributed by atoms with Crippen LogP contribution in [0.15, 0.2) is 16.4 Å². The van der Waals surface area contributed by atoms with Crippen molar-refractivity contribution >= 4 is 57.4 Å². The fourth-order valence-electron chi connectivity index (χ4n) is 3.37. The predicted molar refractivity (Wildman–Crippen MR) is 116 cm³/mol. The van der Waals surface area contributed by atoms with E-state index in [4.69, 9.17) is 4.74 Å². The van der Waals surface area contributed by atoms with Gasteiger partial charge in [-0.15, -0.1) is 22.0 Å². The second-order valence-electron chi connectivity index (χ2n) is 6.90. The minimum atomic E-state index is -1.87. The Balaban J connectivity index is 1.59. The fourth-order valence-corrected chi connectivity index (χ4v) is 6.18. The lowest BCUT2D eigenvalue weighted by atomic mass is 9.98. The molecule has 2 aromatic heterocycles. The molecule has 2 atom stereocenters. The van der Waals surface area contributed by atoms with Crippen LogP contribution in [0, 0.1) is 0 Å². The van der Waals surface area contributed by atoms with Gasteiger partial charge in [-0.1, -0.05) is 11.8 Å². The van der Waals surface area contributed by atoms with E-state index in [-0.39, 0.29) is 39.1 Å². The Kier molecular flexibility index (Phi) is 6.51. The Hall–Kier alpha value is -3.16. The number of methoxy groups -OCH3 is 1. The summed E-state index contributed by atoms with van der Waals surface area (Å²) < 4.78 is 19.6. The van der Waals surface area contributed by atoms with Crippen LogP contribution in [0.5, 0.6) is 0 Å². The molecule has 4 heterocycles. The molecule has 2 amide bonds. The zero-order chi connectivity index (χ0) is 24.6. The van der Waals surface area contributed by atoms with Gasteiger partial charge in [0.15, 0.2) is 4.86 Å². The van der Waals surface area contributed by atoms with Crippen LogP contribution in [0.4, 0.5) is 0 Å². The van der Waals surface area contributed by atoms with Crippen LogP contribution in [-0.4, -0.2) is 107 Å². The first kappa shape index (κ1) is 24.0. The fraction of sp³-hybridized carbons (Fsp3) is 0.467. The number of tetrazole rings is 2. The first-order valence-corrected chi connectivity index (χ1v) is 12.1. The molecule has 2 aliphatic heterocycles. The Morgan fingerprint density at radius 1 is 1.26 bits per heavy atom. The normalized spacial score (nSPS) is 21.7. The third-order valence-electron chi connectivity index (χ3n) is 5.00. The van der Waals surface area contributed by atoms with E-state index in [1.165, 1.54) is 42.4 Å². The Labute approximate surface area is 202 Å². The monoisotopic (exact) mass is 528 g/mol. The number of hydrogen-bond acceptors (Lipinski definition) is 13. The molecule has 19 heteroatoms. The molecule has 180 valence electrons. The average molecular weight is 529 g/mol. The summed E-state index contributed by atoms with van der Waals surface area (Å²) in [7, 11) is 4.30. The van der Waals surface area contributed by atoms with Gasteiger partial charge in [-0.25, -0.2) is 18.4 Å². The number of amides is 2. The average Bonchev–Trinajstić information content (AvgIpc) is 3.43. The molecule has 34 heavy (non-hydrogen) atoms. The maximum absolute atomic E-state index is 13.2. The number of rotatable bonds is 8. The summed E-state index contributed by atoms with van der Waals surface area (Å²) in [5, 5.41) is 33.6. The molecule has 0 spiro atoms. The highest BCUT2D eigenvalue weighted by Crippen LogP contribution is 2.47. The maximum Gasteiger partial charge on any atom is 0.352 e. The van der Waals surface area contributed by atoms with E-state index in [2.05, 4.69) is 36.4 Å². The minimum absolute atomic E-state index is 0.0904. The molecule has 2 aromatic rings. The molecule has 0 aromatic carbocycles. The van der Waals surface area contributed by atoms with Crippen LogP contribution in [0.1, 0.15) is 5.82 Å². The van der Waals surface area contributed by atoms with Crippen LogP contribution in [0.25, 0.3) is 0 Å². The van der Waals surface area contributed by atoms with Crippen molar-refractivity contribution in [3.05, 3.63) is 17.1 Å². The van der Waals surface area contributed by atoms with E-state index in [1.807, 2.05) is 0 Å². The highest BCUT2D eigenvalue weighted by molar-refractivity contribution is 8.01. The second kappa shape index (κ2) is 9.24. The second-order valence-corrected chi connectivity index (χ2v) is 9.49. The van der Waals surface area contributed by atoms with Gasteiger partial charge in [0.05, 0.1) is 0 Å².